The fourth-order valence-electron chi connectivity index (χ4n) is 2.98. The standard InChI is InChI=1S/C18H17Cl3N2O/c19-13-4-1-11(2-5-13)18(24)23-17-7-8-22-10-14(17)12-3-6-15(20)16(21)9-12/h1-6,9,14,17,22H,7-8,10H2,(H,23,24)/t14-,17-/m0/s1. The molecule has 1 aliphatic rings. The number of hydrogen-bond acceptors (Lipinski definition) is 2. The fraction of sp³-hybridized carbons (Fsp3) is 0.278. The molecule has 0 spiro atoms. The Kier molecular flexibility index (Phi) is 5.67. The first kappa shape index (κ1) is 17.6. The monoisotopic (exact) mass is 382 g/mol. The number of halogens is 3. The van der Waals surface area contributed by atoms with E-state index in [2.05, 4.69) is 10.6 Å². The van der Waals surface area contributed by atoms with Gasteiger partial charge >= 0.3 is 0 Å². The van der Waals surface area contributed by atoms with Crippen LogP contribution >= 0.6 is 34.8 Å². The van der Waals surface area contributed by atoms with Crippen LogP contribution in [0, 0.1) is 0 Å². The topological polar surface area (TPSA) is 41.1 Å². The van der Waals surface area contributed by atoms with Crippen molar-refractivity contribution in [3.8, 4) is 0 Å². The Hall–Kier alpha value is -1.26. The quantitative estimate of drug-likeness (QED) is 0.818. The largest absolute Gasteiger partial charge is 0.349 e. The Bertz CT molecular complexity index is 734. The van der Waals surface area contributed by atoms with Gasteiger partial charge in [-0.05, 0) is 54.9 Å². The summed E-state index contributed by atoms with van der Waals surface area (Å²) in [7, 11) is 0. The second-order valence-corrected chi connectivity index (χ2v) is 7.11. The lowest BCUT2D eigenvalue weighted by Gasteiger charge is -2.33. The number of rotatable bonds is 3. The number of carbonyl (C=O) groups excluding carboxylic acids is 1. The molecule has 0 unspecified atom stereocenters. The van der Waals surface area contributed by atoms with Gasteiger partial charge in [0.1, 0.15) is 0 Å². The van der Waals surface area contributed by atoms with E-state index >= 15 is 0 Å². The van der Waals surface area contributed by atoms with Crippen LogP contribution in [0.25, 0.3) is 0 Å². The van der Waals surface area contributed by atoms with Gasteiger partial charge in [0.2, 0.25) is 0 Å². The summed E-state index contributed by atoms with van der Waals surface area (Å²) in [4.78, 5) is 12.5. The Morgan fingerprint density at radius 2 is 1.79 bits per heavy atom. The van der Waals surface area contributed by atoms with Crippen LogP contribution in [0.15, 0.2) is 42.5 Å². The molecule has 3 nitrogen and oxygen atoms in total. The fourth-order valence-corrected chi connectivity index (χ4v) is 3.41. The highest BCUT2D eigenvalue weighted by Crippen LogP contribution is 2.30. The predicted molar refractivity (Wildman–Crippen MR) is 99.4 cm³/mol. The molecular weight excluding hydrogens is 367 g/mol. The number of hydrogen-bond donors (Lipinski definition) is 2. The van der Waals surface area contributed by atoms with Crippen molar-refractivity contribution in [2.24, 2.45) is 0 Å². The lowest BCUT2D eigenvalue weighted by Crippen LogP contribution is -2.48. The zero-order chi connectivity index (χ0) is 17.1. The smallest absolute Gasteiger partial charge is 0.251 e. The van der Waals surface area contributed by atoms with Crippen LogP contribution in [-0.2, 0) is 0 Å². The van der Waals surface area contributed by atoms with E-state index in [9.17, 15) is 4.79 Å². The molecule has 2 aromatic carbocycles. The van der Waals surface area contributed by atoms with E-state index in [-0.39, 0.29) is 17.9 Å². The highest BCUT2D eigenvalue weighted by molar-refractivity contribution is 6.42. The zero-order valence-corrected chi connectivity index (χ0v) is 15.1. The summed E-state index contributed by atoms with van der Waals surface area (Å²) in [5, 5.41) is 8.19. The van der Waals surface area contributed by atoms with Gasteiger partial charge in [0, 0.05) is 29.1 Å². The summed E-state index contributed by atoms with van der Waals surface area (Å²) in [6.07, 6.45) is 0.851. The van der Waals surface area contributed by atoms with Gasteiger partial charge < -0.3 is 10.6 Å². The van der Waals surface area contributed by atoms with Gasteiger partial charge in [0.15, 0.2) is 0 Å². The van der Waals surface area contributed by atoms with Crippen LogP contribution in [0.2, 0.25) is 15.1 Å². The molecule has 2 aromatic rings. The van der Waals surface area contributed by atoms with Gasteiger partial charge in [-0.3, -0.25) is 4.79 Å². The third-order valence-electron chi connectivity index (χ3n) is 4.28. The lowest BCUT2D eigenvalue weighted by atomic mass is 9.86. The summed E-state index contributed by atoms with van der Waals surface area (Å²) in [5.74, 6) is 0.0494. The number of piperidine rings is 1. The van der Waals surface area contributed by atoms with E-state index in [1.165, 1.54) is 0 Å². The molecule has 2 atom stereocenters. The second kappa shape index (κ2) is 7.75. The zero-order valence-electron chi connectivity index (χ0n) is 12.9. The Balaban J connectivity index is 1.78. The van der Waals surface area contributed by atoms with E-state index in [1.54, 1.807) is 30.3 Å². The first-order valence-corrected chi connectivity index (χ1v) is 8.90. The summed E-state index contributed by atoms with van der Waals surface area (Å²) in [6.45, 7) is 1.65. The van der Waals surface area contributed by atoms with Crippen molar-refractivity contribution in [2.75, 3.05) is 13.1 Å². The van der Waals surface area contributed by atoms with Crippen LogP contribution in [0.4, 0.5) is 0 Å². The molecule has 1 heterocycles. The molecule has 0 aliphatic carbocycles. The molecule has 1 amide bonds. The molecule has 24 heavy (non-hydrogen) atoms. The van der Waals surface area contributed by atoms with Gasteiger partial charge in [0.25, 0.3) is 5.91 Å². The van der Waals surface area contributed by atoms with Gasteiger partial charge in [-0.2, -0.15) is 0 Å². The molecule has 3 rings (SSSR count). The van der Waals surface area contributed by atoms with Gasteiger partial charge in [-0.1, -0.05) is 40.9 Å². The third-order valence-corrected chi connectivity index (χ3v) is 5.27. The maximum atomic E-state index is 12.5. The lowest BCUT2D eigenvalue weighted by molar-refractivity contribution is 0.0923. The van der Waals surface area contributed by atoms with Crippen LogP contribution in [0.3, 0.4) is 0 Å². The normalized spacial score (nSPS) is 20.6. The van der Waals surface area contributed by atoms with E-state index in [0.29, 0.717) is 20.6 Å². The Morgan fingerprint density at radius 1 is 1.04 bits per heavy atom. The average Bonchev–Trinajstić information content (AvgIpc) is 2.58. The minimum Gasteiger partial charge on any atom is -0.349 e. The molecule has 0 saturated carbocycles. The summed E-state index contributed by atoms with van der Waals surface area (Å²) >= 11 is 18.0. The van der Waals surface area contributed by atoms with Crippen molar-refractivity contribution >= 4 is 40.7 Å². The average molecular weight is 384 g/mol. The first-order chi connectivity index (χ1) is 11.5. The summed E-state index contributed by atoms with van der Waals surface area (Å²) in [6, 6.07) is 12.6. The summed E-state index contributed by atoms with van der Waals surface area (Å²) in [5.41, 5.74) is 1.67. The van der Waals surface area contributed by atoms with Gasteiger partial charge in [0.05, 0.1) is 10.0 Å². The molecule has 0 bridgehead atoms. The SMILES string of the molecule is O=C(N[C@H]1CCNC[C@H]1c1ccc(Cl)c(Cl)c1)c1ccc(Cl)cc1. The van der Waals surface area contributed by atoms with E-state index in [0.717, 1.165) is 25.1 Å². The maximum absolute atomic E-state index is 12.5. The Labute approximate surface area is 156 Å². The number of nitrogens with one attached hydrogen (secondary N) is 2. The minimum atomic E-state index is -0.0939. The van der Waals surface area contributed by atoms with Crippen LogP contribution in [0.5, 0.6) is 0 Å². The molecular formula is C18H17Cl3N2O. The van der Waals surface area contributed by atoms with Crippen molar-refractivity contribution in [2.45, 2.75) is 18.4 Å². The molecule has 1 fully saturated rings. The van der Waals surface area contributed by atoms with Gasteiger partial charge in [-0.15, -0.1) is 0 Å². The molecule has 126 valence electrons. The molecule has 0 radical (unpaired) electrons. The van der Waals surface area contributed by atoms with Crippen molar-refractivity contribution in [3.05, 3.63) is 68.7 Å². The first-order valence-electron chi connectivity index (χ1n) is 7.76. The van der Waals surface area contributed by atoms with Crippen molar-refractivity contribution in [1.29, 1.82) is 0 Å². The minimum absolute atomic E-state index is 0.0340. The van der Waals surface area contributed by atoms with Crippen LogP contribution < -0.4 is 10.6 Å². The van der Waals surface area contributed by atoms with Crippen LogP contribution in [-0.4, -0.2) is 25.0 Å². The van der Waals surface area contributed by atoms with Crippen molar-refractivity contribution in [1.82, 2.24) is 10.6 Å². The van der Waals surface area contributed by atoms with E-state index in [4.69, 9.17) is 34.8 Å². The highest BCUT2D eigenvalue weighted by Gasteiger charge is 2.28. The van der Waals surface area contributed by atoms with Crippen LogP contribution in [0.1, 0.15) is 28.3 Å². The maximum Gasteiger partial charge on any atom is 0.251 e. The van der Waals surface area contributed by atoms with E-state index in [1.807, 2.05) is 12.1 Å². The van der Waals surface area contributed by atoms with E-state index < -0.39 is 0 Å². The molecule has 2 N–H and O–H groups in total. The molecule has 6 heteroatoms. The van der Waals surface area contributed by atoms with Gasteiger partial charge in [-0.25, -0.2) is 0 Å². The number of benzene rings is 2. The molecule has 0 aromatic heterocycles. The Morgan fingerprint density at radius 3 is 2.50 bits per heavy atom. The predicted octanol–water partition coefficient (Wildman–Crippen LogP) is 4.52. The highest BCUT2D eigenvalue weighted by atomic mass is 35.5. The van der Waals surface area contributed by atoms with Crippen molar-refractivity contribution < 1.29 is 4.79 Å². The van der Waals surface area contributed by atoms with Crippen molar-refractivity contribution in [3.63, 3.8) is 0 Å². The number of amides is 1. The number of carbonyl (C=O) groups is 1. The molecule has 1 aliphatic heterocycles. The third kappa shape index (κ3) is 4.04. The molecule has 1 saturated heterocycles. The summed E-state index contributed by atoms with van der Waals surface area (Å²) < 4.78 is 0. The second-order valence-electron chi connectivity index (χ2n) is 5.86.